The van der Waals surface area contributed by atoms with Crippen molar-refractivity contribution in [2.24, 2.45) is 34.5 Å². The first-order valence-electron chi connectivity index (χ1n) is 13.4. The highest BCUT2D eigenvalue weighted by Gasteiger charge is 2.60. The zero-order valence-electron chi connectivity index (χ0n) is 21.6. The lowest BCUT2D eigenvalue weighted by Crippen LogP contribution is -2.54. The highest BCUT2D eigenvalue weighted by Crippen LogP contribution is 2.65. The van der Waals surface area contributed by atoms with E-state index in [1.54, 1.807) is 12.1 Å². The summed E-state index contributed by atoms with van der Waals surface area (Å²) < 4.78 is 32.0. The second-order valence-electron chi connectivity index (χ2n) is 13.3. The van der Waals surface area contributed by atoms with Gasteiger partial charge >= 0.3 is 0 Å². The van der Waals surface area contributed by atoms with Gasteiger partial charge in [-0.05, 0) is 104 Å². The van der Waals surface area contributed by atoms with Crippen molar-refractivity contribution in [3.8, 4) is 0 Å². The van der Waals surface area contributed by atoms with Crippen molar-refractivity contribution in [1.82, 2.24) is 0 Å². The summed E-state index contributed by atoms with van der Waals surface area (Å²) in [5.74, 6) is 2.89. The van der Waals surface area contributed by atoms with E-state index < -0.39 is 10.1 Å². The standard InChI is InChI=1S/C29H42O4S/c1-27(2,3)19-6-9-22(10-7-19)34(31,32)33-21-14-16-28(4)20(18-21)8-11-23-24-12-13-26(30)29(24,5)17-15-25(23)28/h6-7,9-10,20-21,23-25H,8,11-18H2,1-5H3. The van der Waals surface area contributed by atoms with Crippen molar-refractivity contribution in [1.29, 1.82) is 0 Å². The first kappa shape index (κ1) is 24.5. The van der Waals surface area contributed by atoms with Gasteiger partial charge in [-0.2, -0.15) is 8.42 Å². The molecular weight excluding hydrogens is 444 g/mol. The molecule has 4 saturated carbocycles. The van der Waals surface area contributed by atoms with Gasteiger partial charge in [-0.1, -0.05) is 46.8 Å². The molecule has 34 heavy (non-hydrogen) atoms. The topological polar surface area (TPSA) is 60.4 Å². The molecule has 0 N–H and O–H groups in total. The number of hydrogen-bond donors (Lipinski definition) is 0. The van der Waals surface area contributed by atoms with Gasteiger partial charge in [0.25, 0.3) is 10.1 Å². The Labute approximate surface area is 206 Å². The Morgan fingerprint density at radius 1 is 0.912 bits per heavy atom. The van der Waals surface area contributed by atoms with E-state index in [2.05, 4.69) is 34.6 Å². The number of fused-ring (bicyclic) bond motifs is 5. The predicted octanol–water partition coefficient (Wildman–Crippen LogP) is 6.67. The molecule has 0 saturated heterocycles. The highest BCUT2D eigenvalue weighted by molar-refractivity contribution is 7.86. The van der Waals surface area contributed by atoms with E-state index in [0.717, 1.165) is 56.9 Å². The molecule has 0 amide bonds. The van der Waals surface area contributed by atoms with Crippen LogP contribution in [0.4, 0.5) is 0 Å². The average molecular weight is 487 g/mol. The van der Waals surface area contributed by atoms with E-state index in [0.29, 0.717) is 29.5 Å². The van der Waals surface area contributed by atoms with Gasteiger partial charge in [0.2, 0.25) is 0 Å². The van der Waals surface area contributed by atoms with Gasteiger partial charge in [0.1, 0.15) is 5.78 Å². The molecule has 0 radical (unpaired) electrons. The Bertz CT molecular complexity index is 1050. The quantitative estimate of drug-likeness (QED) is 0.448. The van der Waals surface area contributed by atoms with E-state index in [1.165, 1.54) is 6.42 Å². The molecule has 4 aliphatic rings. The van der Waals surface area contributed by atoms with Crippen LogP contribution in [0.1, 0.15) is 98.0 Å². The number of carbonyl (C=O) groups is 1. The van der Waals surface area contributed by atoms with Gasteiger partial charge < -0.3 is 0 Å². The number of benzene rings is 1. The number of carbonyl (C=O) groups excluding carboxylic acids is 1. The Kier molecular flexibility index (Phi) is 5.88. The van der Waals surface area contributed by atoms with Crippen LogP contribution in [0.15, 0.2) is 29.2 Å². The fourth-order valence-electron chi connectivity index (χ4n) is 8.43. The van der Waals surface area contributed by atoms with E-state index >= 15 is 0 Å². The fraction of sp³-hybridized carbons (Fsp3) is 0.759. The summed E-state index contributed by atoms with van der Waals surface area (Å²) in [6.07, 6.45) is 8.80. The molecule has 4 nitrogen and oxygen atoms in total. The maximum atomic E-state index is 13.1. The molecule has 5 heteroatoms. The van der Waals surface area contributed by atoms with Gasteiger partial charge in [-0.15, -0.1) is 0 Å². The van der Waals surface area contributed by atoms with Gasteiger partial charge in [-0.3, -0.25) is 8.98 Å². The molecule has 0 aliphatic heterocycles. The summed E-state index contributed by atoms with van der Waals surface area (Å²) in [5, 5.41) is 0. The lowest BCUT2D eigenvalue weighted by Gasteiger charge is -2.60. The average Bonchev–Trinajstić information content (AvgIpc) is 3.08. The Hall–Kier alpha value is -1.20. The maximum Gasteiger partial charge on any atom is 0.297 e. The van der Waals surface area contributed by atoms with Gasteiger partial charge in [0.15, 0.2) is 0 Å². The third-order valence-electron chi connectivity index (χ3n) is 10.6. The first-order valence-corrected chi connectivity index (χ1v) is 14.8. The molecule has 0 bridgehead atoms. The second-order valence-corrected chi connectivity index (χ2v) is 14.9. The molecule has 7 atom stereocenters. The Morgan fingerprint density at radius 2 is 1.62 bits per heavy atom. The third kappa shape index (κ3) is 3.89. The first-order chi connectivity index (χ1) is 15.8. The fourth-order valence-corrected chi connectivity index (χ4v) is 9.55. The van der Waals surface area contributed by atoms with Crippen LogP contribution in [0.3, 0.4) is 0 Å². The molecule has 1 aromatic rings. The molecule has 188 valence electrons. The van der Waals surface area contributed by atoms with Crippen molar-refractivity contribution in [2.75, 3.05) is 0 Å². The summed E-state index contributed by atoms with van der Waals surface area (Å²) in [6, 6.07) is 7.19. The normalized spacial score (nSPS) is 40.4. The van der Waals surface area contributed by atoms with Crippen LogP contribution in [0.25, 0.3) is 0 Å². The lowest BCUT2D eigenvalue weighted by atomic mass is 9.45. The smallest absolute Gasteiger partial charge is 0.297 e. The molecular formula is C29H42O4S. The predicted molar refractivity (Wildman–Crippen MR) is 134 cm³/mol. The van der Waals surface area contributed by atoms with Crippen LogP contribution in [0, 0.1) is 34.5 Å². The van der Waals surface area contributed by atoms with E-state index in [1.807, 2.05) is 12.1 Å². The van der Waals surface area contributed by atoms with Crippen molar-refractivity contribution in [2.45, 2.75) is 109 Å². The summed E-state index contributed by atoms with van der Waals surface area (Å²) in [5.41, 5.74) is 1.26. The van der Waals surface area contributed by atoms with E-state index in [4.69, 9.17) is 4.18 Å². The van der Waals surface area contributed by atoms with Crippen molar-refractivity contribution < 1.29 is 17.4 Å². The summed E-state index contributed by atoms with van der Waals surface area (Å²) >= 11 is 0. The minimum Gasteiger partial charge on any atom is -0.299 e. The van der Waals surface area contributed by atoms with Crippen molar-refractivity contribution in [3.63, 3.8) is 0 Å². The summed E-state index contributed by atoms with van der Waals surface area (Å²) in [7, 11) is -3.77. The highest BCUT2D eigenvalue weighted by atomic mass is 32.2. The minimum absolute atomic E-state index is 0.0157. The van der Waals surface area contributed by atoms with Gasteiger partial charge in [0.05, 0.1) is 11.0 Å². The Balaban J connectivity index is 1.28. The molecule has 0 aromatic heterocycles. The van der Waals surface area contributed by atoms with E-state index in [-0.39, 0.29) is 27.2 Å². The van der Waals surface area contributed by atoms with Crippen LogP contribution in [0.5, 0.6) is 0 Å². The Morgan fingerprint density at radius 3 is 2.29 bits per heavy atom. The van der Waals surface area contributed by atoms with Crippen molar-refractivity contribution in [3.05, 3.63) is 29.8 Å². The summed E-state index contributed by atoms with van der Waals surface area (Å²) in [6.45, 7) is 11.1. The molecule has 0 heterocycles. The number of hydrogen-bond acceptors (Lipinski definition) is 4. The SMILES string of the molecule is CC(C)(C)c1ccc(S(=O)(=O)OC2CCC3(C)C(CCC4C5CCC(=O)C5(C)CCC43)C2)cc1. The lowest BCUT2D eigenvalue weighted by molar-refractivity contribution is -0.141. The minimum atomic E-state index is -3.77. The zero-order chi connectivity index (χ0) is 24.5. The van der Waals surface area contributed by atoms with Crippen LogP contribution in [0.2, 0.25) is 0 Å². The van der Waals surface area contributed by atoms with Gasteiger partial charge in [-0.25, -0.2) is 0 Å². The second kappa shape index (κ2) is 8.16. The molecule has 0 spiro atoms. The van der Waals surface area contributed by atoms with Crippen LogP contribution >= 0.6 is 0 Å². The van der Waals surface area contributed by atoms with Crippen LogP contribution in [-0.2, 0) is 24.5 Å². The summed E-state index contributed by atoms with van der Waals surface area (Å²) in [4.78, 5) is 12.9. The molecule has 4 fully saturated rings. The molecule has 5 rings (SSSR count). The number of ketones is 1. The number of Topliss-reactive ketones (excluding diaryl/α,β-unsaturated/α-hetero) is 1. The van der Waals surface area contributed by atoms with Gasteiger partial charge in [0, 0.05) is 11.8 Å². The van der Waals surface area contributed by atoms with E-state index in [9.17, 15) is 13.2 Å². The van der Waals surface area contributed by atoms with Crippen LogP contribution in [-0.4, -0.2) is 20.3 Å². The van der Waals surface area contributed by atoms with Crippen molar-refractivity contribution >= 4 is 15.9 Å². The monoisotopic (exact) mass is 486 g/mol. The largest absolute Gasteiger partial charge is 0.299 e. The number of rotatable bonds is 3. The molecule has 4 aliphatic carbocycles. The zero-order valence-corrected chi connectivity index (χ0v) is 22.4. The third-order valence-corrected chi connectivity index (χ3v) is 12.0. The van der Waals surface area contributed by atoms with Crippen LogP contribution < -0.4 is 0 Å². The molecule has 7 unspecified atom stereocenters. The maximum absolute atomic E-state index is 13.1. The molecule has 1 aromatic carbocycles.